The number of nitrogens with zero attached hydrogens (tertiary/aromatic N) is 6. The van der Waals surface area contributed by atoms with Crippen molar-refractivity contribution in [3.63, 3.8) is 0 Å². The van der Waals surface area contributed by atoms with Gasteiger partial charge in [-0.3, -0.25) is 4.79 Å². The lowest BCUT2D eigenvalue weighted by molar-refractivity contribution is -0.138. The van der Waals surface area contributed by atoms with E-state index >= 15 is 0 Å². The van der Waals surface area contributed by atoms with Crippen LogP contribution in [0.3, 0.4) is 0 Å². The quantitative estimate of drug-likeness (QED) is 0.640. The highest BCUT2D eigenvalue weighted by Crippen LogP contribution is 2.21. The van der Waals surface area contributed by atoms with Crippen molar-refractivity contribution in [3.8, 4) is 11.4 Å². The van der Waals surface area contributed by atoms with Crippen molar-refractivity contribution in [2.45, 2.75) is 13.0 Å². The SMILES string of the molecule is CC(Oc1ccc(-n2cnnn2)cc1)C(=O)N1CCN(c2cccc(Cl)c2)CC1. The topological polar surface area (TPSA) is 76.4 Å². The van der Waals surface area contributed by atoms with E-state index < -0.39 is 6.10 Å². The average Bonchev–Trinajstić information content (AvgIpc) is 3.29. The second kappa shape index (κ2) is 8.48. The Morgan fingerprint density at radius 2 is 1.83 bits per heavy atom. The van der Waals surface area contributed by atoms with Crippen molar-refractivity contribution in [1.82, 2.24) is 25.1 Å². The highest BCUT2D eigenvalue weighted by molar-refractivity contribution is 6.30. The van der Waals surface area contributed by atoms with Crippen LogP contribution in [0.4, 0.5) is 5.69 Å². The van der Waals surface area contributed by atoms with Crippen LogP contribution < -0.4 is 9.64 Å². The zero-order valence-electron chi connectivity index (χ0n) is 16.0. The van der Waals surface area contributed by atoms with Gasteiger partial charge in [-0.15, -0.1) is 5.10 Å². The van der Waals surface area contributed by atoms with Gasteiger partial charge in [0.15, 0.2) is 6.10 Å². The molecule has 8 nitrogen and oxygen atoms in total. The molecule has 1 aliphatic heterocycles. The van der Waals surface area contributed by atoms with E-state index in [4.69, 9.17) is 16.3 Å². The maximum atomic E-state index is 12.8. The van der Waals surface area contributed by atoms with Gasteiger partial charge < -0.3 is 14.5 Å². The first-order chi connectivity index (χ1) is 14.1. The van der Waals surface area contributed by atoms with E-state index in [0.717, 1.165) is 24.5 Å². The van der Waals surface area contributed by atoms with Crippen LogP contribution in [-0.2, 0) is 4.79 Å². The molecule has 0 spiro atoms. The van der Waals surface area contributed by atoms with Crippen molar-refractivity contribution in [2.75, 3.05) is 31.1 Å². The maximum Gasteiger partial charge on any atom is 0.263 e. The summed E-state index contributed by atoms with van der Waals surface area (Å²) < 4.78 is 7.40. The minimum atomic E-state index is -0.563. The van der Waals surface area contributed by atoms with Crippen molar-refractivity contribution in [1.29, 1.82) is 0 Å². The van der Waals surface area contributed by atoms with Crippen molar-refractivity contribution in [2.24, 2.45) is 0 Å². The Morgan fingerprint density at radius 1 is 1.07 bits per heavy atom. The summed E-state index contributed by atoms with van der Waals surface area (Å²) in [5.41, 5.74) is 1.90. The number of tetrazole rings is 1. The van der Waals surface area contributed by atoms with Gasteiger partial charge in [-0.25, -0.2) is 4.68 Å². The van der Waals surface area contributed by atoms with E-state index in [-0.39, 0.29) is 5.91 Å². The number of piperazine rings is 1. The fourth-order valence-electron chi connectivity index (χ4n) is 3.33. The first-order valence-corrected chi connectivity index (χ1v) is 9.77. The fourth-order valence-corrected chi connectivity index (χ4v) is 3.51. The number of aromatic nitrogens is 4. The standard InChI is InChI=1S/C20H21ClN6O2/c1-15(29-19-7-5-17(6-8-19)27-14-22-23-24-27)20(28)26-11-9-25(10-12-26)18-4-2-3-16(21)13-18/h2-8,13-15H,9-12H2,1H3. The molecule has 150 valence electrons. The summed E-state index contributed by atoms with van der Waals surface area (Å²) in [5.74, 6) is 0.612. The molecule has 0 saturated carbocycles. The molecular weight excluding hydrogens is 392 g/mol. The predicted octanol–water partition coefficient (Wildman–Crippen LogP) is 2.43. The summed E-state index contributed by atoms with van der Waals surface area (Å²) in [6.45, 7) is 4.61. The number of benzene rings is 2. The van der Waals surface area contributed by atoms with E-state index in [9.17, 15) is 4.79 Å². The molecule has 2 aromatic carbocycles. The molecule has 1 amide bonds. The maximum absolute atomic E-state index is 12.8. The van der Waals surface area contributed by atoms with Crippen LogP contribution in [0.15, 0.2) is 54.9 Å². The Kier molecular flexibility index (Phi) is 5.62. The molecule has 0 radical (unpaired) electrons. The van der Waals surface area contributed by atoms with Crippen LogP contribution in [0.25, 0.3) is 5.69 Å². The van der Waals surface area contributed by atoms with Gasteiger partial charge in [0.1, 0.15) is 12.1 Å². The molecule has 1 aromatic heterocycles. The first-order valence-electron chi connectivity index (χ1n) is 9.39. The highest BCUT2D eigenvalue weighted by atomic mass is 35.5. The Labute approximate surface area is 173 Å². The Bertz CT molecular complexity index is 955. The molecular formula is C20H21ClN6O2. The van der Waals surface area contributed by atoms with E-state index in [0.29, 0.717) is 23.9 Å². The third-order valence-electron chi connectivity index (χ3n) is 4.88. The fraction of sp³-hybridized carbons (Fsp3) is 0.300. The van der Waals surface area contributed by atoms with E-state index in [1.807, 2.05) is 41.3 Å². The van der Waals surface area contributed by atoms with Gasteiger partial charge in [-0.05, 0) is 59.8 Å². The number of rotatable bonds is 5. The predicted molar refractivity (Wildman–Crippen MR) is 109 cm³/mol. The number of amides is 1. The normalized spacial score (nSPS) is 15.2. The van der Waals surface area contributed by atoms with Crippen molar-refractivity contribution >= 4 is 23.2 Å². The number of ether oxygens (including phenoxy) is 1. The number of carbonyl (C=O) groups excluding carboxylic acids is 1. The molecule has 1 saturated heterocycles. The molecule has 0 bridgehead atoms. The van der Waals surface area contributed by atoms with Gasteiger partial charge in [0.25, 0.3) is 5.91 Å². The molecule has 4 rings (SSSR count). The van der Waals surface area contributed by atoms with Gasteiger partial charge >= 0.3 is 0 Å². The Morgan fingerprint density at radius 3 is 2.48 bits per heavy atom. The van der Waals surface area contributed by atoms with Crippen LogP contribution in [0.5, 0.6) is 5.75 Å². The molecule has 0 aliphatic carbocycles. The number of hydrogen-bond donors (Lipinski definition) is 0. The zero-order valence-corrected chi connectivity index (χ0v) is 16.7. The number of anilines is 1. The van der Waals surface area contributed by atoms with Crippen LogP contribution in [0, 0.1) is 0 Å². The lowest BCUT2D eigenvalue weighted by Crippen LogP contribution is -2.52. The lowest BCUT2D eigenvalue weighted by Gasteiger charge is -2.37. The molecule has 29 heavy (non-hydrogen) atoms. The summed E-state index contributed by atoms with van der Waals surface area (Å²) in [6, 6.07) is 15.1. The van der Waals surface area contributed by atoms with Gasteiger partial charge in [0.2, 0.25) is 0 Å². The second-order valence-electron chi connectivity index (χ2n) is 6.80. The minimum absolute atomic E-state index is 0.0136. The molecule has 1 unspecified atom stereocenters. The van der Waals surface area contributed by atoms with Crippen molar-refractivity contribution < 1.29 is 9.53 Å². The number of hydrogen-bond acceptors (Lipinski definition) is 6. The van der Waals surface area contributed by atoms with E-state index in [2.05, 4.69) is 20.4 Å². The van der Waals surface area contributed by atoms with Crippen LogP contribution in [0.1, 0.15) is 6.92 Å². The summed E-state index contributed by atoms with van der Waals surface area (Å²) in [5, 5.41) is 11.8. The molecule has 3 aromatic rings. The second-order valence-corrected chi connectivity index (χ2v) is 7.24. The van der Waals surface area contributed by atoms with Crippen LogP contribution in [-0.4, -0.2) is 63.3 Å². The largest absolute Gasteiger partial charge is 0.481 e. The van der Waals surface area contributed by atoms with E-state index in [1.54, 1.807) is 23.7 Å². The van der Waals surface area contributed by atoms with Crippen molar-refractivity contribution in [3.05, 3.63) is 59.9 Å². The number of carbonyl (C=O) groups is 1. The Hall–Kier alpha value is -3.13. The van der Waals surface area contributed by atoms with Gasteiger partial charge in [0, 0.05) is 36.9 Å². The smallest absolute Gasteiger partial charge is 0.263 e. The molecule has 1 fully saturated rings. The lowest BCUT2D eigenvalue weighted by atomic mass is 10.2. The summed E-state index contributed by atoms with van der Waals surface area (Å²) in [4.78, 5) is 16.9. The first kappa shape index (κ1) is 19.2. The molecule has 1 aliphatic rings. The third-order valence-corrected chi connectivity index (χ3v) is 5.11. The summed E-state index contributed by atoms with van der Waals surface area (Å²) in [7, 11) is 0. The van der Waals surface area contributed by atoms with Crippen LogP contribution >= 0.6 is 11.6 Å². The van der Waals surface area contributed by atoms with Gasteiger partial charge in [-0.1, -0.05) is 17.7 Å². The summed E-state index contributed by atoms with van der Waals surface area (Å²) in [6.07, 6.45) is 0.956. The molecule has 9 heteroatoms. The van der Waals surface area contributed by atoms with Crippen LogP contribution in [0.2, 0.25) is 5.02 Å². The monoisotopic (exact) mass is 412 g/mol. The summed E-state index contributed by atoms with van der Waals surface area (Å²) >= 11 is 6.08. The molecule has 0 N–H and O–H groups in total. The minimum Gasteiger partial charge on any atom is -0.481 e. The van der Waals surface area contributed by atoms with E-state index in [1.165, 1.54) is 6.33 Å². The average molecular weight is 413 g/mol. The zero-order chi connectivity index (χ0) is 20.2. The third kappa shape index (κ3) is 4.48. The molecule has 2 heterocycles. The highest BCUT2D eigenvalue weighted by Gasteiger charge is 2.26. The Balaban J connectivity index is 1.31. The molecule has 1 atom stereocenters. The number of halogens is 1. The van der Waals surface area contributed by atoms with Gasteiger partial charge in [-0.2, -0.15) is 0 Å². The van der Waals surface area contributed by atoms with Gasteiger partial charge in [0.05, 0.1) is 5.69 Å².